The number of halogens is 7. The van der Waals surface area contributed by atoms with Crippen LogP contribution in [-0.4, -0.2) is 29.9 Å². The third-order valence-electron chi connectivity index (χ3n) is 3.06. The topological polar surface area (TPSA) is 143 Å². The van der Waals surface area contributed by atoms with Crippen LogP contribution in [0.5, 0.6) is 0 Å². The van der Waals surface area contributed by atoms with Crippen LogP contribution < -0.4 is 16.9 Å². The monoisotopic (exact) mass is 491 g/mol. The summed E-state index contributed by atoms with van der Waals surface area (Å²) in [5, 5.41) is 0.00215. The number of H-pyrrole nitrogens is 2. The second-order valence-corrected chi connectivity index (χ2v) is 7.76. The van der Waals surface area contributed by atoms with E-state index in [1.54, 1.807) is 9.97 Å². The number of nitrogens with one attached hydrogen (secondary N) is 2. The van der Waals surface area contributed by atoms with E-state index in [1.807, 2.05) is 0 Å². The molecule has 4 aromatic rings. The molecule has 4 aromatic heterocycles. The number of fused-ring (bicyclic) bond motifs is 2. The Bertz CT molecular complexity index is 1250. The van der Waals surface area contributed by atoms with Crippen LogP contribution in [0.15, 0.2) is 9.59 Å². The summed E-state index contributed by atoms with van der Waals surface area (Å²) in [6.45, 7) is 0. The zero-order valence-corrected chi connectivity index (χ0v) is 16.0. The first-order valence-electron chi connectivity index (χ1n) is 7.13. The highest BCUT2D eigenvalue weighted by Gasteiger charge is 2.35. The van der Waals surface area contributed by atoms with Gasteiger partial charge in [-0.25, -0.2) is 19.9 Å². The number of hydrogen-bond donors (Lipinski definition) is 3. The number of nitrogens with two attached hydrogens (primary N) is 1. The molecule has 9 nitrogen and oxygen atoms in total. The molecule has 4 N–H and O–H groups in total. The molecule has 0 aromatic carbocycles. The Hall–Kier alpha value is -2.79. The van der Waals surface area contributed by atoms with Crippen molar-refractivity contribution in [1.29, 1.82) is 0 Å². The summed E-state index contributed by atoms with van der Waals surface area (Å²) in [7, 11) is 0. The molecule has 0 unspecified atom stereocenters. The molecule has 0 radical (unpaired) electrons. The van der Waals surface area contributed by atoms with Crippen molar-refractivity contribution in [2.75, 3.05) is 5.73 Å². The van der Waals surface area contributed by atoms with Crippen LogP contribution in [0.1, 0.15) is 11.6 Å². The lowest BCUT2D eigenvalue weighted by molar-refractivity contribution is -0.145. The van der Waals surface area contributed by atoms with E-state index in [0.29, 0.717) is 0 Å². The van der Waals surface area contributed by atoms with E-state index in [0.717, 1.165) is 22.7 Å². The van der Waals surface area contributed by atoms with Crippen LogP contribution in [0.2, 0.25) is 4.47 Å². The van der Waals surface area contributed by atoms with Gasteiger partial charge in [0, 0.05) is 0 Å². The molecule has 0 saturated carbocycles. The summed E-state index contributed by atoms with van der Waals surface area (Å²) in [6.07, 6.45) is -9.41. The zero-order valence-electron chi connectivity index (χ0n) is 13.6. The molecule has 0 aliphatic rings. The van der Waals surface area contributed by atoms with Crippen molar-refractivity contribution in [2.24, 2.45) is 0 Å². The van der Waals surface area contributed by atoms with Gasteiger partial charge in [-0.3, -0.25) is 9.59 Å². The van der Waals surface area contributed by atoms with Crippen LogP contribution in [0, 0.1) is 0 Å². The minimum Gasteiger partial charge on any atom is -0.375 e. The summed E-state index contributed by atoms with van der Waals surface area (Å²) in [4.78, 5) is 38.9. The molecule has 4 heterocycles. The molecular weight excluding hydrogens is 488 g/mol. The van der Waals surface area contributed by atoms with Gasteiger partial charge in [-0.15, -0.1) is 0 Å². The number of nitrogens with zero attached hydrogens (tertiary/aromatic N) is 4. The predicted octanol–water partition coefficient (Wildman–Crippen LogP) is 3.03. The van der Waals surface area contributed by atoms with Gasteiger partial charge in [-0.1, -0.05) is 34.3 Å². The number of hydrogen-bond acceptors (Lipinski definition) is 9. The molecule has 0 atom stereocenters. The largest absolute Gasteiger partial charge is 0.449 e. The minimum absolute atomic E-state index is 0.00215. The van der Waals surface area contributed by atoms with Gasteiger partial charge in [0.1, 0.15) is 9.40 Å². The predicted molar refractivity (Wildman–Crippen MR) is 95.5 cm³/mol. The summed E-state index contributed by atoms with van der Waals surface area (Å²) in [5.41, 5.74) is 2.90. The molecular formula is C12H4ClF6N7O2S2. The van der Waals surface area contributed by atoms with Gasteiger partial charge in [-0.05, 0) is 0 Å². The van der Waals surface area contributed by atoms with Crippen LogP contribution >= 0.6 is 34.3 Å². The van der Waals surface area contributed by atoms with Crippen molar-refractivity contribution in [3.05, 3.63) is 36.8 Å². The van der Waals surface area contributed by atoms with E-state index < -0.39 is 35.1 Å². The second-order valence-electron chi connectivity index (χ2n) is 5.15. The minimum atomic E-state index is -4.70. The third-order valence-corrected chi connectivity index (χ3v) is 5.08. The van der Waals surface area contributed by atoms with Crippen LogP contribution in [0.25, 0.3) is 20.7 Å². The average Bonchev–Trinajstić information content (AvgIpc) is 3.15. The van der Waals surface area contributed by atoms with Crippen LogP contribution in [-0.2, 0) is 12.4 Å². The maximum absolute atomic E-state index is 12.2. The highest BCUT2D eigenvalue weighted by molar-refractivity contribution is 7.22. The van der Waals surface area contributed by atoms with Gasteiger partial charge in [0.25, 0.3) is 11.1 Å². The molecule has 0 spiro atoms. The number of alkyl halides is 6. The van der Waals surface area contributed by atoms with Crippen molar-refractivity contribution in [2.45, 2.75) is 12.4 Å². The quantitative estimate of drug-likeness (QED) is 0.321. The number of nitrogen functional groups attached to an aromatic ring is 1. The number of thiazole rings is 2. The Kier molecular flexibility index (Phi) is 5.46. The Morgan fingerprint density at radius 3 is 1.67 bits per heavy atom. The normalized spacial score (nSPS) is 12.2. The Labute approximate surface area is 171 Å². The third kappa shape index (κ3) is 4.51. The van der Waals surface area contributed by atoms with E-state index in [2.05, 4.69) is 19.9 Å². The Morgan fingerprint density at radius 1 is 0.767 bits per heavy atom. The van der Waals surface area contributed by atoms with Crippen LogP contribution in [0.3, 0.4) is 0 Å². The molecule has 0 fully saturated rings. The first-order valence-corrected chi connectivity index (χ1v) is 9.14. The summed E-state index contributed by atoms with van der Waals surface area (Å²) in [5.74, 6) is -2.74. The maximum atomic E-state index is 12.2. The second kappa shape index (κ2) is 7.47. The summed E-state index contributed by atoms with van der Waals surface area (Å²) in [6, 6.07) is 0. The number of rotatable bonds is 0. The van der Waals surface area contributed by atoms with Crippen molar-refractivity contribution in [1.82, 2.24) is 29.9 Å². The maximum Gasteiger partial charge on any atom is 0.449 e. The van der Waals surface area contributed by atoms with Gasteiger partial charge in [0.05, 0.1) is 0 Å². The fourth-order valence-electron chi connectivity index (χ4n) is 1.93. The number of aromatic nitrogens is 6. The van der Waals surface area contributed by atoms with Gasteiger partial charge in [-0.2, -0.15) is 26.3 Å². The molecule has 18 heteroatoms. The Morgan fingerprint density at radius 2 is 1.20 bits per heavy atom. The molecule has 160 valence electrons. The first kappa shape index (κ1) is 21.9. The molecule has 4 rings (SSSR count). The van der Waals surface area contributed by atoms with Crippen molar-refractivity contribution >= 4 is 60.1 Å². The van der Waals surface area contributed by atoms with E-state index in [-0.39, 0.29) is 30.3 Å². The smallest absolute Gasteiger partial charge is 0.375 e. The van der Waals surface area contributed by atoms with Crippen molar-refractivity contribution in [3.8, 4) is 0 Å². The van der Waals surface area contributed by atoms with E-state index in [4.69, 9.17) is 17.3 Å². The lowest BCUT2D eigenvalue weighted by atomic mass is 10.5. The number of anilines is 1. The highest BCUT2D eigenvalue weighted by Crippen LogP contribution is 2.28. The highest BCUT2D eigenvalue weighted by atomic mass is 35.5. The lowest BCUT2D eigenvalue weighted by Gasteiger charge is -2.03. The Balaban J connectivity index is 0.000000171. The summed E-state index contributed by atoms with van der Waals surface area (Å²) >= 11 is 7.03. The molecule has 0 amide bonds. The van der Waals surface area contributed by atoms with Gasteiger partial charge in [0.15, 0.2) is 20.9 Å². The molecule has 0 saturated heterocycles. The van der Waals surface area contributed by atoms with Crippen molar-refractivity contribution in [3.63, 3.8) is 0 Å². The zero-order chi connectivity index (χ0) is 22.4. The first-order chi connectivity index (χ1) is 13.8. The lowest BCUT2D eigenvalue weighted by Crippen LogP contribution is -2.18. The van der Waals surface area contributed by atoms with Gasteiger partial charge < -0.3 is 15.7 Å². The fraction of sp³-hybridized carbons (Fsp3) is 0.167. The summed E-state index contributed by atoms with van der Waals surface area (Å²) < 4.78 is 73.2. The fourth-order valence-corrected chi connectivity index (χ4v) is 3.53. The van der Waals surface area contributed by atoms with Gasteiger partial charge >= 0.3 is 12.4 Å². The van der Waals surface area contributed by atoms with Crippen LogP contribution in [0.4, 0.5) is 31.5 Å². The molecule has 0 aliphatic carbocycles. The molecule has 30 heavy (non-hydrogen) atoms. The molecule has 0 bridgehead atoms. The standard InChI is InChI=1S/C6HClF3N3OS.C6H3F3N4OS/c7-5-12-2-1(15-5)3(14)13-4(11-2)6(8,9)10;7-6(8,9)4-11-2-1(3(14)13-4)15-5(10)12-2/h(H,11,13,14);(H3,10,11,12,13,14). The molecule has 0 aliphatic heterocycles. The van der Waals surface area contributed by atoms with E-state index in [1.165, 1.54) is 0 Å². The average molecular weight is 492 g/mol. The van der Waals surface area contributed by atoms with E-state index >= 15 is 0 Å². The SMILES string of the molecule is Nc1nc2nc(C(F)(F)F)[nH]c(=O)c2s1.O=c1[nH]c(C(F)(F)F)nc2nc(Cl)sc12. The van der Waals surface area contributed by atoms with Gasteiger partial charge in [0.2, 0.25) is 11.6 Å². The number of aromatic amines is 2. The van der Waals surface area contributed by atoms with E-state index in [9.17, 15) is 35.9 Å². The van der Waals surface area contributed by atoms with Crippen molar-refractivity contribution < 1.29 is 26.3 Å².